The number of hydrogen-bond acceptors (Lipinski definition) is 3. The van der Waals surface area contributed by atoms with E-state index >= 15 is 0 Å². The Bertz CT molecular complexity index is 455. The molecule has 1 heterocycles. The summed E-state index contributed by atoms with van der Waals surface area (Å²) < 4.78 is 5.49. The molecule has 1 N–H and O–H groups in total. The lowest BCUT2D eigenvalue weighted by molar-refractivity contribution is -0.247. The van der Waals surface area contributed by atoms with Crippen molar-refractivity contribution >= 4 is 34.8 Å². The average molecular weight is 311 g/mol. The lowest BCUT2D eigenvalue weighted by atomic mass is 10.0. The highest BCUT2D eigenvalue weighted by Crippen LogP contribution is 2.38. The van der Waals surface area contributed by atoms with Crippen LogP contribution in [0.25, 0.3) is 0 Å². The van der Waals surface area contributed by atoms with E-state index in [0.29, 0.717) is 28.8 Å². The molecule has 1 aromatic rings. The van der Waals surface area contributed by atoms with Crippen molar-refractivity contribution in [1.82, 2.24) is 4.90 Å². The Morgan fingerprint density at radius 2 is 2.11 bits per heavy atom. The molecule has 6 heteroatoms. The molecular formula is C12H14Cl3NO2. The number of rotatable bonds is 2. The Labute approximate surface area is 121 Å². The van der Waals surface area contributed by atoms with Crippen LogP contribution in [0.15, 0.2) is 12.1 Å². The number of benzene rings is 1. The van der Waals surface area contributed by atoms with Crippen LogP contribution in [0.5, 0.6) is 0 Å². The first kappa shape index (κ1) is 14.4. The number of β-amino-alcohol motifs (C(OH)–C–C–N with tert-alkyl or cyclic N) is 1. The second-order valence-corrected chi connectivity index (χ2v) is 5.47. The quantitative estimate of drug-likeness (QED) is 0.852. The number of ether oxygens (including phenoxy) is 1. The minimum absolute atomic E-state index is 0.279. The summed E-state index contributed by atoms with van der Waals surface area (Å²) in [6.07, 6.45) is 0. The summed E-state index contributed by atoms with van der Waals surface area (Å²) in [4.78, 5) is 2.08. The van der Waals surface area contributed by atoms with E-state index in [1.165, 1.54) is 0 Å². The molecule has 0 spiro atoms. The van der Waals surface area contributed by atoms with E-state index in [4.69, 9.17) is 39.5 Å². The Balaban J connectivity index is 2.40. The fourth-order valence-electron chi connectivity index (χ4n) is 2.04. The van der Waals surface area contributed by atoms with E-state index in [9.17, 15) is 5.11 Å². The second kappa shape index (κ2) is 5.53. The standard InChI is InChI=1S/C12H14Cl3NO2/c1-2-16-3-4-18-12(17,7-16)9-5-8(13)6-10(14)11(9)15/h5-6,17H,2-4,7H2,1H3/t12-/m1/s1. The third kappa shape index (κ3) is 2.77. The van der Waals surface area contributed by atoms with Gasteiger partial charge in [0.1, 0.15) is 0 Å². The minimum atomic E-state index is -1.46. The van der Waals surface area contributed by atoms with Crippen LogP contribution in [-0.4, -0.2) is 36.2 Å². The van der Waals surface area contributed by atoms with Gasteiger partial charge in [-0.15, -0.1) is 0 Å². The van der Waals surface area contributed by atoms with E-state index in [1.807, 2.05) is 6.92 Å². The molecule has 1 aromatic carbocycles. The van der Waals surface area contributed by atoms with Gasteiger partial charge in [0.25, 0.3) is 0 Å². The fourth-order valence-corrected chi connectivity index (χ4v) is 2.79. The highest BCUT2D eigenvalue weighted by molar-refractivity contribution is 6.43. The molecule has 1 atom stereocenters. The predicted octanol–water partition coefficient (Wildman–Crippen LogP) is 3.14. The molecule has 0 unspecified atom stereocenters. The highest BCUT2D eigenvalue weighted by atomic mass is 35.5. The molecule has 1 aliphatic rings. The monoisotopic (exact) mass is 309 g/mol. The summed E-state index contributed by atoms with van der Waals surface area (Å²) in [5.74, 6) is -1.46. The van der Waals surface area contributed by atoms with Crippen molar-refractivity contribution in [1.29, 1.82) is 0 Å². The molecule has 100 valence electrons. The van der Waals surface area contributed by atoms with Gasteiger partial charge in [0.15, 0.2) is 0 Å². The molecule has 1 aliphatic heterocycles. The smallest absolute Gasteiger partial charge is 0.207 e. The van der Waals surface area contributed by atoms with Gasteiger partial charge in [0.2, 0.25) is 5.79 Å². The van der Waals surface area contributed by atoms with Gasteiger partial charge >= 0.3 is 0 Å². The number of nitrogens with zero attached hydrogens (tertiary/aromatic N) is 1. The van der Waals surface area contributed by atoms with Crippen LogP contribution in [0.4, 0.5) is 0 Å². The zero-order valence-electron chi connectivity index (χ0n) is 9.92. The first-order valence-corrected chi connectivity index (χ1v) is 6.83. The molecule has 0 bridgehead atoms. The van der Waals surface area contributed by atoms with Crippen LogP contribution in [0.3, 0.4) is 0 Å². The maximum absolute atomic E-state index is 10.6. The number of likely N-dealkylation sites (N-methyl/N-ethyl adjacent to an activating group) is 1. The van der Waals surface area contributed by atoms with Gasteiger partial charge in [0, 0.05) is 17.1 Å². The Kier molecular flexibility index (Phi) is 4.42. The normalized spacial score (nSPS) is 25.4. The molecule has 0 saturated carbocycles. The number of aliphatic hydroxyl groups is 1. The zero-order chi connectivity index (χ0) is 13.3. The van der Waals surface area contributed by atoms with E-state index in [1.54, 1.807) is 12.1 Å². The molecule has 1 fully saturated rings. The molecule has 0 amide bonds. The summed E-state index contributed by atoms with van der Waals surface area (Å²) in [6, 6.07) is 3.13. The Hall–Kier alpha value is -0.0300. The maximum Gasteiger partial charge on any atom is 0.207 e. The van der Waals surface area contributed by atoms with Crippen molar-refractivity contribution in [3.8, 4) is 0 Å². The molecule has 1 saturated heterocycles. The number of halogens is 3. The largest absolute Gasteiger partial charge is 0.361 e. The van der Waals surface area contributed by atoms with Crippen molar-refractivity contribution in [3.63, 3.8) is 0 Å². The van der Waals surface area contributed by atoms with Crippen molar-refractivity contribution in [2.75, 3.05) is 26.2 Å². The van der Waals surface area contributed by atoms with Gasteiger partial charge in [-0.3, -0.25) is 4.90 Å². The van der Waals surface area contributed by atoms with Gasteiger partial charge < -0.3 is 9.84 Å². The Morgan fingerprint density at radius 1 is 1.39 bits per heavy atom. The molecule has 0 aromatic heterocycles. The molecule has 18 heavy (non-hydrogen) atoms. The molecule has 0 radical (unpaired) electrons. The van der Waals surface area contributed by atoms with Crippen LogP contribution in [0.1, 0.15) is 12.5 Å². The van der Waals surface area contributed by atoms with Crippen LogP contribution in [-0.2, 0) is 10.5 Å². The second-order valence-electron chi connectivity index (χ2n) is 4.25. The summed E-state index contributed by atoms with van der Waals surface area (Å²) in [5.41, 5.74) is 0.416. The average Bonchev–Trinajstić information content (AvgIpc) is 2.33. The molecular weight excluding hydrogens is 296 g/mol. The van der Waals surface area contributed by atoms with Crippen molar-refractivity contribution < 1.29 is 9.84 Å². The molecule has 0 aliphatic carbocycles. The van der Waals surface area contributed by atoms with Crippen LogP contribution in [0.2, 0.25) is 15.1 Å². The van der Waals surface area contributed by atoms with Crippen LogP contribution < -0.4 is 0 Å². The third-order valence-corrected chi connectivity index (χ3v) is 4.07. The van der Waals surface area contributed by atoms with E-state index in [0.717, 1.165) is 13.1 Å². The van der Waals surface area contributed by atoms with Crippen molar-refractivity contribution in [3.05, 3.63) is 32.8 Å². The van der Waals surface area contributed by atoms with E-state index in [2.05, 4.69) is 4.90 Å². The first-order chi connectivity index (χ1) is 8.46. The zero-order valence-corrected chi connectivity index (χ0v) is 12.2. The van der Waals surface area contributed by atoms with Crippen LogP contribution >= 0.6 is 34.8 Å². The maximum atomic E-state index is 10.6. The van der Waals surface area contributed by atoms with Gasteiger partial charge in [-0.05, 0) is 18.7 Å². The summed E-state index contributed by atoms with van der Waals surface area (Å²) in [5, 5.41) is 11.6. The lowest BCUT2D eigenvalue weighted by Gasteiger charge is -2.39. The van der Waals surface area contributed by atoms with Crippen molar-refractivity contribution in [2.24, 2.45) is 0 Å². The third-order valence-electron chi connectivity index (χ3n) is 3.05. The SMILES string of the molecule is CCN1CCO[C@@](O)(c2cc(Cl)cc(Cl)c2Cl)C1. The first-order valence-electron chi connectivity index (χ1n) is 5.70. The van der Waals surface area contributed by atoms with Gasteiger partial charge in [-0.2, -0.15) is 0 Å². The predicted molar refractivity (Wildman–Crippen MR) is 73.4 cm³/mol. The molecule has 2 rings (SSSR count). The summed E-state index contributed by atoms with van der Waals surface area (Å²) >= 11 is 18.1. The summed E-state index contributed by atoms with van der Waals surface area (Å²) in [6.45, 7) is 4.42. The Morgan fingerprint density at radius 3 is 2.78 bits per heavy atom. The van der Waals surface area contributed by atoms with Gasteiger partial charge in [-0.25, -0.2) is 0 Å². The van der Waals surface area contributed by atoms with Crippen molar-refractivity contribution in [2.45, 2.75) is 12.7 Å². The topological polar surface area (TPSA) is 32.7 Å². The molecule has 3 nitrogen and oxygen atoms in total. The van der Waals surface area contributed by atoms with E-state index < -0.39 is 5.79 Å². The van der Waals surface area contributed by atoms with Crippen LogP contribution in [0, 0.1) is 0 Å². The summed E-state index contributed by atoms with van der Waals surface area (Å²) in [7, 11) is 0. The highest BCUT2D eigenvalue weighted by Gasteiger charge is 2.38. The lowest BCUT2D eigenvalue weighted by Crippen LogP contribution is -2.49. The number of morpholine rings is 1. The van der Waals surface area contributed by atoms with Gasteiger partial charge in [0.05, 0.1) is 23.2 Å². The van der Waals surface area contributed by atoms with Gasteiger partial charge in [-0.1, -0.05) is 41.7 Å². The fraction of sp³-hybridized carbons (Fsp3) is 0.500. The number of hydrogen-bond donors (Lipinski definition) is 1. The van der Waals surface area contributed by atoms with E-state index in [-0.39, 0.29) is 5.02 Å². The minimum Gasteiger partial charge on any atom is -0.361 e.